The Balaban J connectivity index is 1.06. The summed E-state index contributed by atoms with van der Waals surface area (Å²) in [5.74, 6) is 4.60. The number of hydrogen-bond acceptors (Lipinski definition) is 12. The predicted octanol–water partition coefficient (Wildman–Crippen LogP) is 6.89. The van der Waals surface area contributed by atoms with Crippen LogP contribution in [0.15, 0.2) is 70.6 Å². The zero-order valence-corrected chi connectivity index (χ0v) is 47.3. The number of phenols is 1. The number of ether oxygens (including phenoxy) is 1. The van der Waals surface area contributed by atoms with Gasteiger partial charge in [-0.05, 0) is 191 Å². The van der Waals surface area contributed by atoms with E-state index >= 15 is 4.79 Å². The van der Waals surface area contributed by atoms with E-state index in [1.165, 1.54) is 5.57 Å². The van der Waals surface area contributed by atoms with Gasteiger partial charge in [0.1, 0.15) is 5.75 Å². The van der Waals surface area contributed by atoms with Crippen LogP contribution in [0, 0.1) is 93.7 Å². The van der Waals surface area contributed by atoms with Crippen LogP contribution >= 0.6 is 0 Å². The third-order valence-corrected chi connectivity index (χ3v) is 23.0. The fourth-order valence-electron chi connectivity index (χ4n) is 19.4. The van der Waals surface area contributed by atoms with Crippen molar-refractivity contribution in [3.8, 4) is 17.6 Å². The van der Waals surface area contributed by atoms with E-state index in [2.05, 4.69) is 47.1 Å². The van der Waals surface area contributed by atoms with Crippen molar-refractivity contribution in [2.75, 3.05) is 19.7 Å². The minimum atomic E-state index is -1.85. The molecule has 0 spiro atoms. The molecule has 0 amide bonds. The third kappa shape index (κ3) is 9.86. The Morgan fingerprint density at radius 1 is 0.925 bits per heavy atom. The van der Waals surface area contributed by atoms with E-state index in [9.17, 15) is 40.2 Å². The van der Waals surface area contributed by atoms with Crippen molar-refractivity contribution in [1.29, 1.82) is 0 Å². The van der Waals surface area contributed by atoms with E-state index in [0.717, 1.165) is 68.9 Å². The highest BCUT2D eigenvalue weighted by Gasteiger charge is 2.75. The Bertz CT molecular complexity index is 2790. The van der Waals surface area contributed by atoms with E-state index < -0.39 is 69.9 Å². The van der Waals surface area contributed by atoms with Crippen LogP contribution in [0.2, 0.25) is 0 Å². The summed E-state index contributed by atoms with van der Waals surface area (Å²) in [4.78, 5) is 51.6. The lowest BCUT2D eigenvalue weighted by atomic mass is 9.41. The molecule has 434 valence electrons. The zero-order chi connectivity index (χ0) is 56.5. The SMILES string of the molecule is CC1CCC2=CCC3C(C)CC(O)C(C)(O)C4C(CC#CC(C5COC(=O)C5c5cc[nH]c5)CC3C2C1)CC1(O)C2=C(NCC(=O)CCc3ccc(O)cc3)C(=O)C3CC(O)C(O)CC3(C3CCCC3)C2CCC41CCN=C(N)N. The molecule has 15 heteroatoms. The fraction of sp³-hybridized carbons (Fsp3) is 0.692. The van der Waals surface area contributed by atoms with E-state index in [-0.39, 0.29) is 129 Å². The van der Waals surface area contributed by atoms with Crippen molar-refractivity contribution >= 4 is 23.5 Å². The molecule has 19 atom stereocenters. The van der Waals surface area contributed by atoms with Crippen LogP contribution in [0.3, 0.4) is 0 Å². The standard InChI is InChI=1S/C65H89N5O10/c1-36-11-15-39-16-20-46-37(2)28-54(75)62(3,78)59-41(8-6-7-40(29-48(46)47(39)27-36)49-35-80-60(77)55(49)42-22-25-68-33-42)31-65(79)56-50(21-23-63(59,65)24-26-69-61(66)67)64(43-9-4-5-10-43)32-53(74)52(73)30-51(64)58(76)57(56)70-34-45(72)19-14-38-12-17-44(71)18-13-38/h12-13,16-18,22,25,33,36-37,40-41,43,46-55,59,68,70-71,73-75,78-79H,4-5,8-11,14-15,19-21,23-24,26-32,34-35H2,1-3H3,(H4,66,67,69). The number of aromatic hydroxyl groups is 1. The molecule has 6 fully saturated rings. The maximum Gasteiger partial charge on any atom is 0.313 e. The van der Waals surface area contributed by atoms with E-state index in [1.807, 2.05) is 18.5 Å². The number of fused-ring (bicyclic) bond motifs is 10. The van der Waals surface area contributed by atoms with Crippen LogP contribution in [-0.2, 0) is 25.5 Å². The molecule has 0 bridgehead atoms. The number of aliphatic hydroxyl groups excluding tert-OH is 3. The smallest absolute Gasteiger partial charge is 0.313 e. The first-order chi connectivity index (χ1) is 38.3. The van der Waals surface area contributed by atoms with Gasteiger partial charge >= 0.3 is 5.97 Å². The summed E-state index contributed by atoms with van der Waals surface area (Å²) in [6.45, 7) is 6.42. The molecule has 5 saturated carbocycles. The summed E-state index contributed by atoms with van der Waals surface area (Å²) in [5, 5.41) is 78.3. The van der Waals surface area contributed by atoms with Gasteiger partial charge < -0.3 is 57.1 Å². The lowest BCUT2D eigenvalue weighted by Gasteiger charge is -2.64. The predicted molar refractivity (Wildman–Crippen MR) is 303 cm³/mol. The maximum absolute atomic E-state index is 16.0. The van der Waals surface area contributed by atoms with Gasteiger partial charge in [-0.25, -0.2) is 0 Å². The second kappa shape index (κ2) is 22.3. The fourth-order valence-corrected chi connectivity index (χ4v) is 19.4. The van der Waals surface area contributed by atoms with E-state index in [0.29, 0.717) is 43.1 Å². The number of aromatic nitrogens is 1. The van der Waals surface area contributed by atoms with Gasteiger partial charge in [-0.15, -0.1) is 5.92 Å². The van der Waals surface area contributed by atoms with Crippen LogP contribution in [-0.4, -0.2) is 108 Å². The van der Waals surface area contributed by atoms with Crippen molar-refractivity contribution in [2.24, 2.45) is 98.3 Å². The van der Waals surface area contributed by atoms with Crippen LogP contribution in [0.25, 0.3) is 0 Å². The molecule has 15 nitrogen and oxygen atoms in total. The number of aryl methyl sites for hydroxylation is 1. The number of hydrogen-bond donors (Lipinski definition) is 10. The average molecular weight is 1100 g/mol. The quantitative estimate of drug-likeness (QED) is 0.0341. The first kappa shape index (κ1) is 56.9. The zero-order valence-electron chi connectivity index (χ0n) is 47.3. The summed E-state index contributed by atoms with van der Waals surface area (Å²) in [6.07, 6.45) is 13.6. The van der Waals surface area contributed by atoms with Crippen LogP contribution in [0.4, 0.5) is 0 Å². The summed E-state index contributed by atoms with van der Waals surface area (Å²) >= 11 is 0. The highest BCUT2D eigenvalue weighted by molar-refractivity contribution is 6.00. The molecule has 1 aromatic heterocycles. The first-order valence-corrected chi connectivity index (χ1v) is 30.6. The average Bonchev–Trinajstić information content (AvgIpc) is 4.09. The number of rotatable bonds is 12. The summed E-state index contributed by atoms with van der Waals surface area (Å²) in [7, 11) is 0. The highest BCUT2D eigenvalue weighted by Crippen LogP contribution is 2.74. The van der Waals surface area contributed by atoms with Crippen LogP contribution in [0.1, 0.15) is 153 Å². The number of nitrogens with zero attached hydrogens (tertiary/aromatic N) is 1. The number of H-pyrrole nitrogens is 1. The Morgan fingerprint density at radius 2 is 1.70 bits per heavy atom. The Hall–Kier alpha value is -4.98. The molecule has 0 radical (unpaired) electrons. The first-order valence-electron chi connectivity index (χ1n) is 30.6. The molecule has 2 aromatic rings. The monoisotopic (exact) mass is 1100 g/mol. The Morgan fingerprint density at radius 3 is 2.44 bits per heavy atom. The molecule has 9 aliphatic rings. The van der Waals surface area contributed by atoms with Gasteiger partial charge in [0.25, 0.3) is 0 Å². The molecule has 8 aliphatic carbocycles. The number of aliphatic imine (C=N–C) groups is 1. The van der Waals surface area contributed by atoms with Gasteiger partial charge in [-0.3, -0.25) is 19.4 Å². The van der Waals surface area contributed by atoms with Crippen molar-refractivity contribution in [3.05, 3.63) is 76.8 Å². The summed E-state index contributed by atoms with van der Waals surface area (Å²) < 4.78 is 5.96. The largest absolute Gasteiger partial charge is 0.508 e. The minimum Gasteiger partial charge on any atom is -0.508 e. The number of benzene rings is 1. The number of aromatic amines is 1. The van der Waals surface area contributed by atoms with Gasteiger partial charge in [0, 0.05) is 60.9 Å². The van der Waals surface area contributed by atoms with Gasteiger partial charge in [0.15, 0.2) is 17.5 Å². The van der Waals surface area contributed by atoms with Gasteiger partial charge in [0.2, 0.25) is 0 Å². The minimum absolute atomic E-state index is 0.0190. The summed E-state index contributed by atoms with van der Waals surface area (Å²) in [6, 6.07) is 8.67. The third-order valence-electron chi connectivity index (χ3n) is 23.0. The molecular formula is C65H89N5O10. The molecule has 80 heavy (non-hydrogen) atoms. The molecule has 1 aromatic carbocycles. The van der Waals surface area contributed by atoms with E-state index in [1.54, 1.807) is 31.2 Å². The van der Waals surface area contributed by atoms with Crippen molar-refractivity contribution in [2.45, 2.75) is 178 Å². The molecule has 11 rings (SSSR count). The number of guanidine groups is 1. The molecular weight excluding hydrogens is 1010 g/mol. The number of nitrogens with two attached hydrogens (primary N) is 2. The molecule has 1 saturated heterocycles. The van der Waals surface area contributed by atoms with Crippen molar-refractivity contribution in [3.63, 3.8) is 0 Å². The Labute approximate surface area is 472 Å². The molecule has 19 unspecified atom stereocenters. The second-order valence-electron chi connectivity index (χ2n) is 27.1. The number of Topliss-reactive ketones (excluding diaryl/α,β-unsaturated/α-hetero) is 2. The topological polar surface area (TPSA) is 274 Å². The van der Waals surface area contributed by atoms with Gasteiger partial charge in [-0.1, -0.05) is 56.4 Å². The number of aliphatic hydroxyl groups is 5. The highest BCUT2D eigenvalue weighted by atomic mass is 16.5. The van der Waals surface area contributed by atoms with E-state index in [4.69, 9.17) is 16.2 Å². The second-order valence-corrected chi connectivity index (χ2v) is 27.1. The molecule has 12 N–H and O–H groups in total. The lowest BCUT2D eigenvalue weighted by molar-refractivity contribution is -0.196. The van der Waals surface area contributed by atoms with Crippen molar-refractivity contribution in [1.82, 2.24) is 10.3 Å². The number of cyclic esters (lactones) is 1. The molecule has 2 heterocycles. The van der Waals surface area contributed by atoms with Crippen LogP contribution in [0.5, 0.6) is 5.75 Å². The van der Waals surface area contributed by atoms with Gasteiger partial charge in [0.05, 0.1) is 54.3 Å². The van der Waals surface area contributed by atoms with Crippen LogP contribution < -0.4 is 16.8 Å². The normalized spacial score (nSPS) is 41.8. The van der Waals surface area contributed by atoms with Crippen molar-refractivity contribution < 1.29 is 49.8 Å². The Kier molecular flexibility index (Phi) is 15.9. The number of allylic oxidation sites excluding steroid dienone is 3. The number of phenolic OH excluding ortho intramolecular Hbond substituents is 1. The number of nitrogens with one attached hydrogen (secondary N) is 2. The summed E-state index contributed by atoms with van der Waals surface area (Å²) in [5.41, 5.74) is 10.4. The number of esters is 1. The number of carbonyl (C=O) groups excluding carboxylic acids is 3. The van der Waals surface area contributed by atoms with Gasteiger partial charge in [-0.2, -0.15) is 0 Å². The lowest BCUT2D eigenvalue weighted by Crippen LogP contribution is -2.67. The number of ketones is 2. The molecule has 1 aliphatic heterocycles. The number of carbonyl (C=O) groups is 3. The maximum atomic E-state index is 16.0.